The summed E-state index contributed by atoms with van der Waals surface area (Å²) in [5.41, 5.74) is 0. The average molecular weight is 238 g/mol. The lowest BCUT2D eigenvalue weighted by molar-refractivity contribution is 0.205. The topological polar surface area (TPSA) is 35.5 Å². The van der Waals surface area contributed by atoms with Crippen LogP contribution in [0.3, 0.4) is 0 Å². The van der Waals surface area contributed by atoms with Crippen molar-refractivity contribution >= 4 is 0 Å². The first-order valence-corrected chi connectivity index (χ1v) is 6.80. The van der Waals surface area contributed by atoms with Gasteiger partial charge in [0.1, 0.15) is 0 Å². The van der Waals surface area contributed by atoms with Crippen LogP contribution in [0.5, 0.6) is 0 Å². The second kappa shape index (κ2) is 8.52. The molecule has 17 heavy (non-hydrogen) atoms. The molecule has 1 fully saturated rings. The maximum absolute atomic E-state index is 8.95. The lowest BCUT2D eigenvalue weighted by Crippen LogP contribution is -2.43. The Kier molecular flexibility index (Phi) is 7.27. The average Bonchev–Trinajstić information content (AvgIpc) is 2.36. The molecule has 1 aliphatic rings. The number of likely N-dealkylation sites (tertiary alicyclic amines) is 1. The van der Waals surface area contributed by atoms with E-state index in [1.54, 1.807) is 0 Å². The zero-order valence-electron chi connectivity index (χ0n) is 11.0. The predicted octanol–water partition coefficient (Wildman–Crippen LogP) is 1.08. The van der Waals surface area contributed by atoms with Gasteiger partial charge in [0.2, 0.25) is 0 Å². The quantitative estimate of drug-likeness (QED) is 0.652. The van der Waals surface area contributed by atoms with Crippen LogP contribution < -0.4 is 5.32 Å². The standard InChI is InChI=1S/C14H26N2O/c1-3-8-16-9-5-14(6-10-16)15-12-13(4-2)7-11-17/h1,13-15,17H,4-12H2,2H3. The number of nitrogens with one attached hydrogen (secondary N) is 1. The predicted molar refractivity (Wildman–Crippen MR) is 71.8 cm³/mol. The first-order valence-electron chi connectivity index (χ1n) is 6.80. The second-order valence-corrected chi connectivity index (χ2v) is 4.95. The molecule has 0 spiro atoms. The molecule has 0 aliphatic carbocycles. The Morgan fingerprint density at radius 1 is 1.47 bits per heavy atom. The smallest absolute Gasteiger partial charge is 0.0598 e. The van der Waals surface area contributed by atoms with Gasteiger partial charge in [-0.2, -0.15) is 0 Å². The van der Waals surface area contributed by atoms with E-state index < -0.39 is 0 Å². The van der Waals surface area contributed by atoms with Crippen LogP contribution in [0.15, 0.2) is 0 Å². The minimum atomic E-state index is 0.306. The molecule has 0 saturated carbocycles. The highest BCUT2D eigenvalue weighted by molar-refractivity contribution is 4.90. The molecule has 0 bridgehead atoms. The number of hydrogen-bond acceptors (Lipinski definition) is 3. The van der Waals surface area contributed by atoms with Gasteiger partial charge in [-0.05, 0) is 31.7 Å². The first-order chi connectivity index (χ1) is 8.30. The fourth-order valence-electron chi connectivity index (χ4n) is 2.39. The molecule has 0 radical (unpaired) electrons. The normalized spacial score (nSPS) is 20.1. The maximum Gasteiger partial charge on any atom is 0.0598 e. The van der Waals surface area contributed by atoms with Crippen LogP contribution in [0.25, 0.3) is 0 Å². The molecule has 98 valence electrons. The molecule has 1 rings (SSSR count). The number of rotatable bonds is 7. The van der Waals surface area contributed by atoms with E-state index >= 15 is 0 Å². The molecule has 0 aromatic rings. The Morgan fingerprint density at radius 2 is 2.18 bits per heavy atom. The maximum atomic E-state index is 8.95. The molecule has 1 heterocycles. The van der Waals surface area contributed by atoms with Crippen molar-refractivity contribution in [2.24, 2.45) is 5.92 Å². The van der Waals surface area contributed by atoms with Crippen LogP contribution in [-0.4, -0.2) is 48.8 Å². The summed E-state index contributed by atoms with van der Waals surface area (Å²) < 4.78 is 0. The number of terminal acetylenes is 1. The van der Waals surface area contributed by atoms with Crippen LogP contribution in [0.1, 0.15) is 32.6 Å². The summed E-state index contributed by atoms with van der Waals surface area (Å²) >= 11 is 0. The SMILES string of the molecule is C#CCN1CCC(NCC(CC)CCO)CC1. The monoisotopic (exact) mass is 238 g/mol. The molecule has 1 unspecified atom stereocenters. The van der Waals surface area contributed by atoms with Crippen molar-refractivity contribution in [2.45, 2.75) is 38.6 Å². The molecule has 1 aliphatic heterocycles. The van der Waals surface area contributed by atoms with Crippen LogP contribution >= 0.6 is 0 Å². The number of aliphatic hydroxyl groups is 1. The highest BCUT2D eigenvalue weighted by Gasteiger charge is 2.18. The number of hydrogen-bond donors (Lipinski definition) is 2. The van der Waals surface area contributed by atoms with Gasteiger partial charge < -0.3 is 10.4 Å². The van der Waals surface area contributed by atoms with Crippen LogP contribution in [0.4, 0.5) is 0 Å². The lowest BCUT2D eigenvalue weighted by atomic mass is 10.0. The Hall–Kier alpha value is -0.560. The third-order valence-electron chi connectivity index (χ3n) is 3.71. The van der Waals surface area contributed by atoms with E-state index in [2.05, 4.69) is 23.1 Å². The van der Waals surface area contributed by atoms with Gasteiger partial charge in [0.25, 0.3) is 0 Å². The molecule has 0 aromatic carbocycles. The molecule has 1 atom stereocenters. The molecule has 3 heteroatoms. The summed E-state index contributed by atoms with van der Waals surface area (Å²) in [6.45, 7) is 6.54. The highest BCUT2D eigenvalue weighted by atomic mass is 16.3. The molecular weight excluding hydrogens is 212 g/mol. The Balaban J connectivity index is 2.15. The zero-order valence-corrected chi connectivity index (χ0v) is 11.0. The van der Waals surface area contributed by atoms with E-state index in [-0.39, 0.29) is 0 Å². The highest BCUT2D eigenvalue weighted by Crippen LogP contribution is 2.12. The van der Waals surface area contributed by atoms with Gasteiger partial charge in [-0.3, -0.25) is 4.90 Å². The van der Waals surface area contributed by atoms with Crippen molar-refractivity contribution in [2.75, 3.05) is 32.8 Å². The molecule has 1 saturated heterocycles. The largest absolute Gasteiger partial charge is 0.396 e. The van der Waals surface area contributed by atoms with Gasteiger partial charge in [-0.15, -0.1) is 6.42 Å². The van der Waals surface area contributed by atoms with Crippen LogP contribution in [0, 0.1) is 18.3 Å². The summed E-state index contributed by atoms with van der Waals surface area (Å²) in [4.78, 5) is 2.34. The molecule has 0 aromatic heterocycles. The second-order valence-electron chi connectivity index (χ2n) is 4.95. The van der Waals surface area contributed by atoms with E-state index in [0.717, 1.165) is 39.0 Å². The van der Waals surface area contributed by atoms with E-state index in [1.807, 2.05) is 0 Å². The molecular formula is C14H26N2O. The van der Waals surface area contributed by atoms with Gasteiger partial charge in [0.15, 0.2) is 0 Å². The number of piperidine rings is 1. The zero-order chi connectivity index (χ0) is 12.5. The van der Waals surface area contributed by atoms with Crippen molar-refractivity contribution in [3.8, 4) is 12.3 Å². The van der Waals surface area contributed by atoms with Crippen LogP contribution in [-0.2, 0) is 0 Å². The fourth-order valence-corrected chi connectivity index (χ4v) is 2.39. The summed E-state index contributed by atoms with van der Waals surface area (Å²) in [5, 5.41) is 12.6. The molecule has 3 nitrogen and oxygen atoms in total. The molecule has 2 N–H and O–H groups in total. The van der Waals surface area contributed by atoms with E-state index in [0.29, 0.717) is 18.6 Å². The van der Waals surface area contributed by atoms with E-state index in [1.165, 1.54) is 12.8 Å². The van der Waals surface area contributed by atoms with E-state index in [9.17, 15) is 0 Å². The summed E-state index contributed by atoms with van der Waals surface area (Å²) in [5.74, 6) is 3.32. The van der Waals surface area contributed by atoms with Gasteiger partial charge in [-0.1, -0.05) is 19.3 Å². The van der Waals surface area contributed by atoms with Crippen molar-refractivity contribution in [1.82, 2.24) is 10.2 Å². The Morgan fingerprint density at radius 3 is 2.71 bits per heavy atom. The third kappa shape index (κ3) is 5.54. The van der Waals surface area contributed by atoms with Gasteiger partial charge >= 0.3 is 0 Å². The third-order valence-corrected chi connectivity index (χ3v) is 3.71. The van der Waals surface area contributed by atoms with Gasteiger partial charge in [-0.25, -0.2) is 0 Å². The van der Waals surface area contributed by atoms with E-state index in [4.69, 9.17) is 11.5 Å². The minimum absolute atomic E-state index is 0.306. The summed E-state index contributed by atoms with van der Waals surface area (Å²) in [6, 6.07) is 0.636. The minimum Gasteiger partial charge on any atom is -0.396 e. The number of nitrogens with zero attached hydrogens (tertiary/aromatic N) is 1. The Labute approximate surface area is 106 Å². The fraction of sp³-hybridized carbons (Fsp3) is 0.857. The number of aliphatic hydroxyl groups excluding tert-OH is 1. The van der Waals surface area contributed by atoms with Crippen LogP contribution in [0.2, 0.25) is 0 Å². The summed E-state index contributed by atoms with van der Waals surface area (Å²) in [6.07, 6.45) is 9.75. The Bertz CT molecular complexity index is 229. The lowest BCUT2D eigenvalue weighted by Gasteiger charge is -2.32. The van der Waals surface area contributed by atoms with Crippen molar-refractivity contribution in [3.63, 3.8) is 0 Å². The first kappa shape index (κ1) is 14.5. The van der Waals surface area contributed by atoms with Crippen molar-refractivity contribution in [3.05, 3.63) is 0 Å². The van der Waals surface area contributed by atoms with Gasteiger partial charge in [0.05, 0.1) is 6.54 Å². The van der Waals surface area contributed by atoms with Gasteiger partial charge in [0, 0.05) is 25.7 Å². The molecule has 0 amide bonds. The summed E-state index contributed by atoms with van der Waals surface area (Å²) in [7, 11) is 0. The van der Waals surface area contributed by atoms with Crippen molar-refractivity contribution < 1.29 is 5.11 Å². The van der Waals surface area contributed by atoms with Crippen molar-refractivity contribution in [1.29, 1.82) is 0 Å².